The van der Waals surface area contributed by atoms with Crippen molar-refractivity contribution in [2.45, 2.75) is 44.2 Å². The molecule has 0 saturated heterocycles. The minimum Gasteiger partial charge on any atom is -0.492 e. The number of carbonyl (C=O) groups is 1. The summed E-state index contributed by atoms with van der Waals surface area (Å²) in [6.07, 6.45) is 6.56. The van der Waals surface area contributed by atoms with E-state index in [2.05, 4.69) is 20.9 Å². The molecule has 188 valence electrons. The average molecular weight is 492 g/mol. The first-order chi connectivity index (χ1) is 17.4. The smallest absolute Gasteiger partial charge is 0.297 e. The van der Waals surface area contributed by atoms with Gasteiger partial charge in [0.1, 0.15) is 18.2 Å². The Morgan fingerprint density at radius 2 is 2.03 bits per heavy atom. The number of amides is 1. The molecule has 2 aliphatic rings. The summed E-state index contributed by atoms with van der Waals surface area (Å²) in [5, 5.41) is 9.30. The third-order valence-electron chi connectivity index (χ3n) is 6.66. The van der Waals surface area contributed by atoms with Crippen molar-refractivity contribution in [1.29, 1.82) is 0 Å². The van der Waals surface area contributed by atoms with E-state index in [9.17, 15) is 14.0 Å². The van der Waals surface area contributed by atoms with Crippen LogP contribution in [0.5, 0.6) is 5.75 Å². The van der Waals surface area contributed by atoms with Gasteiger partial charge in [-0.05, 0) is 75.5 Å². The summed E-state index contributed by atoms with van der Waals surface area (Å²) in [7, 11) is 1.84. The zero-order chi connectivity index (χ0) is 25.3. The molecule has 0 unspecified atom stereocenters. The van der Waals surface area contributed by atoms with Gasteiger partial charge in [0.05, 0.1) is 11.2 Å². The molecule has 2 aliphatic carbocycles. The first kappa shape index (κ1) is 24.0. The molecule has 0 atom stereocenters. The second-order valence-electron chi connectivity index (χ2n) is 9.50. The summed E-state index contributed by atoms with van der Waals surface area (Å²) in [5.74, 6) is 0.230. The van der Waals surface area contributed by atoms with Gasteiger partial charge in [0.15, 0.2) is 5.82 Å². The average Bonchev–Trinajstić information content (AvgIpc) is 3.80. The fourth-order valence-corrected chi connectivity index (χ4v) is 4.27. The van der Waals surface area contributed by atoms with Gasteiger partial charge in [0.2, 0.25) is 0 Å². The molecule has 2 fully saturated rings. The number of halogens is 1. The molecule has 9 heteroatoms. The van der Waals surface area contributed by atoms with E-state index in [1.165, 1.54) is 16.7 Å². The number of ether oxygens (including phenoxy) is 1. The third kappa shape index (κ3) is 4.97. The Kier molecular flexibility index (Phi) is 6.49. The van der Waals surface area contributed by atoms with E-state index in [0.29, 0.717) is 48.6 Å². The van der Waals surface area contributed by atoms with E-state index in [1.807, 2.05) is 20.0 Å². The van der Waals surface area contributed by atoms with Crippen LogP contribution in [0.4, 0.5) is 10.2 Å². The molecule has 0 bridgehead atoms. The maximum Gasteiger partial charge on any atom is 0.297 e. The van der Waals surface area contributed by atoms with E-state index in [0.717, 1.165) is 18.4 Å². The van der Waals surface area contributed by atoms with Crippen LogP contribution in [0.1, 0.15) is 47.2 Å². The van der Waals surface area contributed by atoms with Gasteiger partial charge in [-0.15, -0.1) is 0 Å². The molecule has 0 aliphatic heterocycles. The quantitative estimate of drug-likeness (QED) is 0.377. The van der Waals surface area contributed by atoms with Crippen molar-refractivity contribution in [2.75, 3.05) is 25.5 Å². The molecule has 0 spiro atoms. The van der Waals surface area contributed by atoms with Gasteiger partial charge in [-0.3, -0.25) is 14.2 Å². The highest BCUT2D eigenvalue weighted by Crippen LogP contribution is 2.51. The number of aromatic nitrogens is 2. The Morgan fingerprint density at radius 3 is 2.75 bits per heavy atom. The minimum atomic E-state index is -0.635. The Hall–Kier alpha value is -3.72. The number of carbonyl (C=O) groups excluding carboxylic acids is 1. The van der Waals surface area contributed by atoms with Crippen molar-refractivity contribution in [1.82, 2.24) is 20.2 Å². The van der Waals surface area contributed by atoms with Crippen LogP contribution in [0, 0.1) is 12.7 Å². The molecule has 8 nitrogen and oxygen atoms in total. The largest absolute Gasteiger partial charge is 0.492 e. The summed E-state index contributed by atoms with van der Waals surface area (Å²) in [6, 6.07) is 10.0. The fourth-order valence-electron chi connectivity index (χ4n) is 4.27. The monoisotopic (exact) mass is 491 g/mol. The predicted octanol–water partition coefficient (Wildman–Crippen LogP) is 3.27. The topological polar surface area (TPSA) is 97.3 Å². The van der Waals surface area contributed by atoms with Crippen LogP contribution in [-0.2, 0) is 5.54 Å². The molecule has 2 saturated carbocycles. The normalized spacial score (nSPS) is 15.9. The molecule has 1 heterocycles. The number of rotatable bonds is 10. The maximum absolute atomic E-state index is 14.2. The van der Waals surface area contributed by atoms with Crippen molar-refractivity contribution < 1.29 is 13.9 Å². The number of likely N-dealkylation sites (N-methyl/N-ethyl adjacent to an activating group) is 1. The van der Waals surface area contributed by atoms with Crippen molar-refractivity contribution >= 4 is 11.7 Å². The van der Waals surface area contributed by atoms with Crippen molar-refractivity contribution in [3.8, 4) is 11.4 Å². The number of benzene rings is 2. The lowest BCUT2D eigenvalue weighted by atomic mass is 10.0. The van der Waals surface area contributed by atoms with Gasteiger partial charge in [-0.2, -0.15) is 0 Å². The van der Waals surface area contributed by atoms with Gasteiger partial charge in [0, 0.05) is 36.1 Å². The highest BCUT2D eigenvalue weighted by atomic mass is 19.1. The number of nitrogens with zero attached hydrogens (tertiary/aromatic N) is 2. The number of nitrogens with one attached hydrogen (secondary N) is 3. The SMILES string of the molecule is CNCCOc1ccc(F)cc1C1(Nc2nccn(-c3cc(C(=O)NC4CC4)ccc3C)c2=O)CC1. The van der Waals surface area contributed by atoms with Gasteiger partial charge >= 0.3 is 0 Å². The maximum atomic E-state index is 14.2. The van der Waals surface area contributed by atoms with E-state index in [1.54, 1.807) is 30.6 Å². The molecule has 36 heavy (non-hydrogen) atoms. The summed E-state index contributed by atoms with van der Waals surface area (Å²) in [4.78, 5) is 30.4. The first-order valence-corrected chi connectivity index (χ1v) is 12.3. The Balaban J connectivity index is 1.45. The molecule has 2 aromatic carbocycles. The standard InChI is InChI=1S/C27H30FN5O3/c1-17-3-4-18(25(34)31-20-6-7-20)15-22(17)33-13-11-30-24(26(33)35)32-27(9-10-27)21-16-19(28)5-8-23(21)36-14-12-29-2/h3-5,8,11,13,15-16,20,29H,6-7,9-10,12,14H2,1-2H3,(H,30,32)(H,31,34). The third-order valence-corrected chi connectivity index (χ3v) is 6.66. The Morgan fingerprint density at radius 1 is 1.22 bits per heavy atom. The second-order valence-corrected chi connectivity index (χ2v) is 9.50. The molecule has 1 aromatic heterocycles. The predicted molar refractivity (Wildman–Crippen MR) is 135 cm³/mol. The molecular weight excluding hydrogens is 461 g/mol. The lowest BCUT2D eigenvalue weighted by molar-refractivity contribution is 0.0951. The Bertz CT molecular complexity index is 1350. The zero-order valence-electron chi connectivity index (χ0n) is 20.4. The zero-order valence-corrected chi connectivity index (χ0v) is 20.4. The van der Waals surface area contributed by atoms with E-state index < -0.39 is 5.54 Å². The van der Waals surface area contributed by atoms with Gasteiger partial charge in [-0.1, -0.05) is 6.07 Å². The molecule has 3 aromatic rings. The number of hydrogen-bond acceptors (Lipinski definition) is 6. The van der Waals surface area contributed by atoms with Crippen molar-refractivity contribution in [2.24, 2.45) is 0 Å². The van der Waals surface area contributed by atoms with Crippen LogP contribution in [0.15, 0.2) is 53.6 Å². The first-order valence-electron chi connectivity index (χ1n) is 12.3. The van der Waals surface area contributed by atoms with Gasteiger partial charge in [0.25, 0.3) is 11.5 Å². The fraction of sp³-hybridized carbons (Fsp3) is 0.370. The highest BCUT2D eigenvalue weighted by molar-refractivity contribution is 5.95. The summed E-state index contributed by atoms with van der Waals surface area (Å²) in [6.45, 7) is 2.98. The molecule has 0 radical (unpaired) electrons. The minimum absolute atomic E-state index is 0.145. The summed E-state index contributed by atoms with van der Waals surface area (Å²) >= 11 is 0. The van der Waals surface area contributed by atoms with Crippen LogP contribution in [0.25, 0.3) is 5.69 Å². The number of hydrogen-bond donors (Lipinski definition) is 3. The number of anilines is 1. The van der Waals surface area contributed by atoms with Crippen LogP contribution >= 0.6 is 0 Å². The van der Waals surface area contributed by atoms with Crippen LogP contribution in [0.3, 0.4) is 0 Å². The second kappa shape index (κ2) is 9.73. The molecule has 5 rings (SSSR count). The van der Waals surface area contributed by atoms with Crippen LogP contribution in [-0.4, -0.2) is 41.7 Å². The lowest BCUT2D eigenvalue weighted by Gasteiger charge is -2.22. The highest BCUT2D eigenvalue weighted by Gasteiger charge is 2.47. The molecule has 3 N–H and O–H groups in total. The van der Waals surface area contributed by atoms with E-state index in [-0.39, 0.29) is 29.1 Å². The van der Waals surface area contributed by atoms with Gasteiger partial charge in [-0.25, -0.2) is 9.37 Å². The lowest BCUT2D eigenvalue weighted by Crippen LogP contribution is -2.30. The van der Waals surface area contributed by atoms with E-state index >= 15 is 0 Å². The van der Waals surface area contributed by atoms with Crippen LogP contribution < -0.4 is 26.2 Å². The molecule has 1 amide bonds. The summed E-state index contributed by atoms with van der Waals surface area (Å²) in [5.41, 5.74) is 1.65. The number of aryl methyl sites for hydroxylation is 1. The van der Waals surface area contributed by atoms with Crippen LogP contribution in [0.2, 0.25) is 0 Å². The Labute approximate surface area is 208 Å². The van der Waals surface area contributed by atoms with Gasteiger partial charge < -0.3 is 20.7 Å². The van der Waals surface area contributed by atoms with Crippen molar-refractivity contribution in [3.05, 3.63) is 81.7 Å². The molecular formula is C27H30FN5O3. The van der Waals surface area contributed by atoms with Crippen molar-refractivity contribution in [3.63, 3.8) is 0 Å². The van der Waals surface area contributed by atoms with E-state index in [4.69, 9.17) is 4.74 Å². The summed E-state index contributed by atoms with van der Waals surface area (Å²) < 4.78 is 21.6.